The molecule has 0 radical (unpaired) electrons. The highest BCUT2D eigenvalue weighted by molar-refractivity contribution is 7.18. The van der Waals surface area contributed by atoms with E-state index in [9.17, 15) is 14.7 Å². The van der Waals surface area contributed by atoms with Crippen LogP contribution in [0.15, 0.2) is 36.4 Å². The molecule has 0 aliphatic heterocycles. The molecule has 5 heteroatoms. The number of carboxylic acid groups (broad SMARTS) is 1. The van der Waals surface area contributed by atoms with E-state index in [1.165, 1.54) is 43.4 Å². The van der Waals surface area contributed by atoms with Crippen LogP contribution in [-0.4, -0.2) is 23.0 Å². The summed E-state index contributed by atoms with van der Waals surface area (Å²) in [5.41, 5.74) is 1.56. The molecule has 4 aliphatic carbocycles. The molecule has 0 unspecified atom stereocenters. The third kappa shape index (κ3) is 3.27. The maximum absolute atomic E-state index is 13.9. The molecule has 4 aliphatic rings. The van der Waals surface area contributed by atoms with Crippen LogP contribution >= 0.6 is 11.3 Å². The summed E-state index contributed by atoms with van der Waals surface area (Å²) in [6, 6.07) is 11.7. The van der Waals surface area contributed by atoms with Crippen LogP contribution in [0.4, 0.5) is 5.69 Å². The molecule has 1 N–H and O–H groups in total. The first kappa shape index (κ1) is 19.8. The first-order valence-corrected chi connectivity index (χ1v) is 12.0. The Bertz CT molecular complexity index is 936. The van der Waals surface area contributed by atoms with Gasteiger partial charge < -0.3 is 10.0 Å². The molecule has 0 saturated heterocycles. The second-order valence-electron chi connectivity index (χ2n) is 9.75. The van der Waals surface area contributed by atoms with Gasteiger partial charge in [-0.2, -0.15) is 0 Å². The van der Waals surface area contributed by atoms with Crippen LogP contribution in [0.2, 0.25) is 0 Å². The number of aromatic carboxylic acids is 1. The fourth-order valence-corrected chi connectivity index (χ4v) is 7.59. The van der Waals surface area contributed by atoms with Crippen molar-refractivity contribution >= 4 is 28.9 Å². The van der Waals surface area contributed by atoms with Crippen molar-refractivity contribution in [3.05, 3.63) is 41.3 Å². The molecule has 4 nitrogen and oxygen atoms in total. The monoisotopic (exact) mass is 423 g/mol. The number of anilines is 1. The lowest BCUT2D eigenvalue weighted by molar-refractivity contribution is -0.135. The van der Waals surface area contributed by atoms with E-state index in [4.69, 9.17) is 0 Å². The predicted molar refractivity (Wildman–Crippen MR) is 120 cm³/mol. The Morgan fingerprint density at radius 3 is 2.13 bits per heavy atom. The molecule has 0 spiro atoms. The van der Waals surface area contributed by atoms with Crippen LogP contribution in [0.5, 0.6) is 0 Å². The highest BCUT2D eigenvalue weighted by Crippen LogP contribution is 2.57. The molecule has 1 aromatic heterocycles. The number of carboxylic acids is 1. The SMILES string of the molecule is CC(C)N(C(=O)C1C2CC3CC(C2)CC1C3)c1cc(-c2ccccc2)sc1C(=O)O. The number of nitrogens with zero attached hydrogens (tertiary/aromatic N) is 1. The van der Waals surface area contributed by atoms with Gasteiger partial charge in [0.05, 0.1) is 5.69 Å². The lowest BCUT2D eigenvalue weighted by Crippen LogP contribution is -2.53. The Labute approximate surface area is 181 Å². The van der Waals surface area contributed by atoms with E-state index in [2.05, 4.69) is 0 Å². The standard InChI is InChI=1S/C25H29NO3S/c1-14(2)26(24(27)22-18-9-15-8-16(11-18)12-19(22)10-15)20-13-21(30-23(20)25(28)29)17-6-4-3-5-7-17/h3-7,13-16,18-19,22H,8-12H2,1-2H3,(H,28,29). The second-order valence-corrected chi connectivity index (χ2v) is 10.8. The fourth-order valence-electron chi connectivity index (χ4n) is 6.60. The minimum Gasteiger partial charge on any atom is -0.477 e. The van der Waals surface area contributed by atoms with Crippen molar-refractivity contribution in [2.75, 3.05) is 4.90 Å². The van der Waals surface area contributed by atoms with Crippen molar-refractivity contribution in [2.45, 2.75) is 52.0 Å². The quantitative estimate of drug-likeness (QED) is 0.649. The molecule has 30 heavy (non-hydrogen) atoms. The molecule has 2 aromatic rings. The van der Waals surface area contributed by atoms with Gasteiger partial charge >= 0.3 is 5.97 Å². The number of thiophene rings is 1. The molecule has 4 bridgehead atoms. The summed E-state index contributed by atoms with van der Waals surface area (Å²) in [7, 11) is 0. The van der Waals surface area contributed by atoms with E-state index in [-0.39, 0.29) is 22.7 Å². The first-order valence-electron chi connectivity index (χ1n) is 11.2. The molecule has 4 fully saturated rings. The highest BCUT2D eigenvalue weighted by Gasteiger charge is 2.52. The predicted octanol–water partition coefficient (Wildman–Crippen LogP) is 5.93. The number of carbonyl (C=O) groups is 2. The lowest BCUT2D eigenvalue weighted by atomic mass is 9.51. The van der Waals surface area contributed by atoms with Gasteiger partial charge in [0.25, 0.3) is 0 Å². The van der Waals surface area contributed by atoms with E-state index >= 15 is 0 Å². The number of carbonyl (C=O) groups excluding carboxylic acids is 1. The van der Waals surface area contributed by atoms with Crippen LogP contribution in [0, 0.1) is 29.6 Å². The number of amides is 1. The van der Waals surface area contributed by atoms with E-state index in [0.29, 0.717) is 17.5 Å². The van der Waals surface area contributed by atoms with Crippen molar-refractivity contribution in [3.8, 4) is 10.4 Å². The number of hydrogen-bond acceptors (Lipinski definition) is 3. The summed E-state index contributed by atoms with van der Waals surface area (Å²) in [6.45, 7) is 4.00. The Balaban J connectivity index is 1.52. The maximum Gasteiger partial charge on any atom is 0.348 e. The largest absolute Gasteiger partial charge is 0.477 e. The third-order valence-corrected chi connectivity index (χ3v) is 8.65. The molecule has 1 amide bonds. The lowest BCUT2D eigenvalue weighted by Gasteiger charge is -2.54. The fraction of sp³-hybridized carbons (Fsp3) is 0.520. The molecule has 4 saturated carbocycles. The van der Waals surface area contributed by atoms with Crippen molar-refractivity contribution in [1.29, 1.82) is 0 Å². The summed E-state index contributed by atoms with van der Waals surface area (Å²) >= 11 is 1.27. The normalized spacial score (nSPS) is 29.4. The van der Waals surface area contributed by atoms with Crippen LogP contribution in [0.3, 0.4) is 0 Å². The van der Waals surface area contributed by atoms with Crippen molar-refractivity contribution in [2.24, 2.45) is 29.6 Å². The van der Waals surface area contributed by atoms with Crippen molar-refractivity contribution in [3.63, 3.8) is 0 Å². The minimum atomic E-state index is -0.958. The molecule has 1 heterocycles. The van der Waals surface area contributed by atoms with Crippen LogP contribution < -0.4 is 4.90 Å². The van der Waals surface area contributed by atoms with E-state index in [1.807, 2.05) is 50.2 Å². The van der Waals surface area contributed by atoms with Gasteiger partial charge in [-0.25, -0.2) is 4.79 Å². The summed E-state index contributed by atoms with van der Waals surface area (Å²) in [5, 5.41) is 9.92. The zero-order valence-corrected chi connectivity index (χ0v) is 18.4. The number of hydrogen-bond donors (Lipinski definition) is 1. The van der Waals surface area contributed by atoms with E-state index in [1.54, 1.807) is 4.90 Å². The smallest absolute Gasteiger partial charge is 0.348 e. The Kier molecular flexibility index (Phi) is 4.97. The average Bonchev–Trinajstić information content (AvgIpc) is 3.13. The summed E-state index contributed by atoms with van der Waals surface area (Å²) < 4.78 is 0. The van der Waals surface area contributed by atoms with Gasteiger partial charge in [0.2, 0.25) is 5.91 Å². The van der Waals surface area contributed by atoms with E-state index in [0.717, 1.165) is 22.3 Å². The molecular formula is C25H29NO3S. The van der Waals surface area contributed by atoms with E-state index < -0.39 is 5.97 Å². The maximum atomic E-state index is 13.9. The topological polar surface area (TPSA) is 57.6 Å². The zero-order valence-electron chi connectivity index (χ0n) is 17.6. The van der Waals surface area contributed by atoms with Gasteiger partial charge in [-0.3, -0.25) is 4.79 Å². The zero-order chi connectivity index (χ0) is 21.0. The molecule has 1 aromatic carbocycles. The van der Waals surface area contributed by atoms with Gasteiger partial charge in [0, 0.05) is 16.8 Å². The Hall–Kier alpha value is -2.14. The van der Waals surface area contributed by atoms with Gasteiger partial charge in [0.1, 0.15) is 4.88 Å². The van der Waals surface area contributed by atoms with Crippen molar-refractivity contribution < 1.29 is 14.7 Å². The van der Waals surface area contributed by atoms with Gasteiger partial charge in [0.15, 0.2) is 0 Å². The molecule has 6 rings (SSSR count). The summed E-state index contributed by atoms with van der Waals surface area (Å²) in [4.78, 5) is 29.0. The van der Waals surface area contributed by atoms with Gasteiger partial charge in [-0.15, -0.1) is 11.3 Å². The third-order valence-electron chi connectivity index (χ3n) is 7.49. The van der Waals surface area contributed by atoms with Crippen LogP contribution in [0.1, 0.15) is 55.6 Å². The van der Waals surface area contributed by atoms with Gasteiger partial charge in [-0.1, -0.05) is 30.3 Å². The summed E-state index contributed by atoms with van der Waals surface area (Å²) in [5.74, 6) is 1.83. The second kappa shape index (κ2) is 7.52. The minimum absolute atomic E-state index is 0.0573. The van der Waals surface area contributed by atoms with Crippen LogP contribution in [0.25, 0.3) is 10.4 Å². The Morgan fingerprint density at radius 2 is 1.60 bits per heavy atom. The van der Waals surface area contributed by atoms with Gasteiger partial charge in [-0.05, 0) is 81.3 Å². The average molecular weight is 424 g/mol. The number of benzene rings is 1. The first-order chi connectivity index (χ1) is 14.4. The molecule has 158 valence electrons. The molecular weight excluding hydrogens is 394 g/mol. The summed E-state index contributed by atoms with van der Waals surface area (Å²) in [6.07, 6.45) is 6.08. The van der Waals surface area contributed by atoms with Crippen molar-refractivity contribution in [1.82, 2.24) is 0 Å². The molecule has 0 atom stereocenters. The number of rotatable bonds is 5. The van der Waals surface area contributed by atoms with Crippen LogP contribution in [-0.2, 0) is 4.79 Å². The highest BCUT2D eigenvalue weighted by atomic mass is 32.1. The Morgan fingerprint density at radius 1 is 1.00 bits per heavy atom.